The van der Waals surface area contributed by atoms with Gasteiger partial charge < -0.3 is 10.1 Å². The fourth-order valence-corrected chi connectivity index (χ4v) is 3.05. The van der Waals surface area contributed by atoms with Crippen LogP contribution in [0.3, 0.4) is 0 Å². The molecule has 0 aromatic heterocycles. The van der Waals surface area contributed by atoms with E-state index in [-0.39, 0.29) is 30.2 Å². The number of hydrogen-bond donors (Lipinski definition) is 1. The SMILES string of the molecule is Cc1c(Cl)cccc1NC(=O)[C@H](C)OC(=O)c1ccc(N2C(=O)CCC2=O)cc1. The third kappa shape index (κ3) is 4.46. The largest absolute Gasteiger partial charge is 0.449 e. The summed E-state index contributed by atoms with van der Waals surface area (Å²) in [6.07, 6.45) is -0.676. The maximum atomic E-state index is 12.3. The van der Waals surface area contributed by atoms with E-state index >= 15 is 0 Å². The third-order valence-corrected chi connectivity index (χ3v) is 5.00. The topological polar surface area (TPSA) is 92.8 Å². The second-order valence-electron chi connectivity index (χ2n) is 6.62. The molecular weight excluding hydrogens is 396 g/mol. The smallest absolute Gasteiger partial charge is 0.338 e. The zero-order chi connectivity index (χ0) is 21.1. The molecule has 1 fully saturated rings. The molecule has 150 valence electrons. The maximum Gasteiger partial charge on any atom is 0.338 e. The Morgan fingerprint density at radius 3 is 2.31 bits per heavy atom. The molecule has 7 nitrogen and oxygen atoms in total. The summed E-state index contributed by atoms with van der Waals surface area (Å²) in [4.78, 5) is 49.3. The van der Waals surface area contributed by atoms with Crippen LogP contribution in [-0.2, 0) is 19.1 Å². The Morgan fingerprint density at radius 2 is 1.69 bits per heavy atom. The first-order valence-corrected chi connectivity index (χ1v) is 9.38. The molecule has 0 unspecified atom stereocenters. The number of nitrogens with one attached hydrogen (secondary N) is 1. The number of amides is 3. The molecule has 0 saturated carbocycles. The summed E-state index contributed by atoms with van der Waals surface area (Å²) in [6, 6.07) is 11.0. The summed E-state index contributed by atoms with van der Waals surface area (Å²) in [5, 5.41) is 3.20. The molecule has 0 aliphatic carbocycles. The van der Waals surface area contributed by atoms with Crippen LogP contribution in [0, 0.1) is 6.92 Å². The molecule has 3 rings (SSSR count). The van der Waals surface area contributed by atoms with E-state index in [0.717, 1.165) is 4.90 Å². The van der Waals surface area contributed by atoms with Crippen LogP contribution in [0.4, 0.5) is 11.4 Å². The lowest BCUT2D eigenvalue weighted by Crippen LogP contribution is -2.30. The monoisotopic (exact) mass is 414 g/mol. The Labute approximate surface area is 172 Å². The molecule has 1 aliphatic heterocycles. The van der Waals surface area contributed by atoms with E-state index in [9.17, 15) is 19.2 Å². The van der Waals surface area contributed by atoms with E-state index < -0.39 is 18.0 Å². The molecule has 2 aromatic carbocycles. The number of carbonyl (C=O) groups excluding carboxylic acids is 4. The van der Waals surface area contributed by atoms with Crippen molar-refractivity contribution in [3.05, 3.63) is 58.6 Å². The second kappa shape index (κ2) is 8.45. The summed E-state index contributed by atoms with van der Waals surface area (Å²) in [7, 11) is 0. The van der Waals surface area contributed by atoms with E-state index in [4.69, 9.17) is 16.3 Å². The van der Waals surface area contributed by atoms with Gasteiger partial charge in [-0.05, 0) is 55.8 Å². The lowest BCUT2D eigenvalue weighted by Gasteiger charge is -2.16. The quantitative estimate of drug-likeness (QED) is 0.597. The minimum Gasteiger partial charge on any atom is -0.449 e. The number of carbonyl (C=O) groups is 4. The molecule has 0 spiro atoms. The number of halogens is 1. The van der Waals surface area contributed by atoms with Gasteiger partial charge in [-0.15, -0.1) is 0 Å². The van der Waals surface area contributed by atoms with Crippen LogP contribution in [0.15, 0.2) is 42.5 Å². The molecule has 0 bridgehead atoms. The highest BCUT2D eigenvalue weighted by Gasteiger charge is 2.30. The number of rotatable bonds is 5. The minimum absolute atomic E-state index is 0.182. The van der Waals surface area contributed by atoms with Gasteiger partial charge in [0.15, 0.2) is 6.10 Å². The molecule has 1 aliphatic rings. The summed E-state index contributed by atoms with van der Waals surface area (Å²) < 4.78 is 5.22. The van der Waals surface area contributed by atoms with Crippen LogP contribution in [0.2, 0.25) is 5.02 Å². The van der Waals surface area contributed by atoms with Gasteiger partial charge in [0, 0.05) is 23.6 Å². The van der Waals surface area contributed by atoms with Crippen LogP contribution in [-0.4, -0.2) is 29.8 Å². The average molecular weight is 415 g/mol. The molecule has 2 aromatic rings. The van der Waals surface area contributed by atoms with Gasteiger partial charge in [0.2, 0.25) is 11.8 Å². The Bertz CT molecular complexity index is 971. The minimum atomic E-state index is -1.04. The van der Waals surface area contributed by atoms with Crippen molar-refractivity contribution in [3.63, 3.8) is 0 Å². The number of esters is 1. The van der Waals surface area contributed by atoms with E-state index in [1.807, 2.05) is 0 Å². The van der Waals surface area contributed by atoms with Gasteiger partial charge in [0.25, 0.3) is 5.91 Å². The lowest BCUT2D eigenvalue weighted by atomic mass is 10.2. The van der Waals surface area contributed by atoms with E-state index in [2.05, 4.69) is 5.32 Å². The van der Waals surface area contributed by atoms with E-state index in [1.54, 1.807) is 25.1 Å². The van der Waals surface area contributed by atoms with Crippen molar-refractivity contribution in [2.75, 3.05) is 10.2 Å². The highest BCUT2D eigenvalue weighted by atomic mass is 35.5. The summed E-state index contributed by atoms with van der Waals surface area (Å²) in [5.74, 6) is -1.73. The molecule has 1 heterocycles. The van der Waals surface area contributed by atoms with Gasteiger partial charge in [-0.25, -0.2) is 4.79 Å². The normalized spacial score (nSPS) is 14.7. The zero-order valence-corrected chi connectivity index (χ0v) is 16.7. The molecule has 1 atom stereocenters. The first-order valence-electron chi connectivity index (χ1n) is 9.00. The second-order valence-corrected chi connectivity index (χ2v) is 7.03. The van der Waals surface area contributed by atoms with Crippen molar-refractivity contribution in [1.29, 1.82) is 0 Å². The predicted molar refractivity (Wildman–Crippen MR) is 108 cm³/mol. The van der Waals surface area contributed by atoms with Gasteiger partial charge in [0.1, 0.15) is 0 Å². The van der Waals surface area contributed by atoms with Gasteiger partial charge in [-0.2, -0.15) is 0 Å². The van der Waals surface area contributed by atoms with E-state index in [1.165, 1.54) is 31.2 Å². The zero-order valence-electron chi connectivity index (χ0n) is 15.9. The number of anilines is 2. The number of imide groups is 1. The Hall–Kier alpha value is -3.19. The first kappa shape index (κ1) is 20.5. The van der Waals surface area contributed by atoms with Crippen molar-refractivity contribution < 1.29 is 23.9 Å². The van der Waals surface area contributed by atoms with Crippen molar-refractivity contribution in [2.45, 2.75) is 32.8 Å². The fourth-order valence-electron chi connectivity index (χ4n) is 2.87. The number of benzene rings is 2. The van der Waals surface area contributed by atoms with Gasteiger partial charge in [-0.1, -0.05) is 17.7 Å². The Morgan fingerprint density at radius 1 is 1.07 bits per heavy atom. The van der Waals surface area contributed by atoms with Crippen LogP contribution < -0.4 is 10.2 Å². The van der Waals surface area contributed by atoms with Crippen LogP contribution >= 0.6 is 11.6 Å². The fraction of sp³-hybridized carbons (Fsp3) is 0.238. The van der Waals surface area contributed by atoms with Crippen molar-refractivity contribution in [3.8, 4) is 0 Å². The molecule has 1 N–H and O–H groups in total. The summed E-state index contributed by atoms with van der Waals surface area (Å²) in [5.41, 5.74) is 1.85. The van der Waals surface area contributed by atoms with Crippen LogP contribution in [0.5, 0.6) is 0 Å². The third-order valence-electron chi connectivity index (χ3n) is 4.59. The van der Waals surface area contributed by atoms with E-state index in [0.29, 0.717) is 22.0 Å². The summed E-state index contributed by atoms with van der Waals surface area (Å²) >= 11 is 6.04. The molecular formula is C21H19ClN2O5. The Kier molecular flexibility index (Phi) is 5.98. The molecule has 0 radical (unpaired) electrons. The standard InChI is InChI=1S/C21H19ClN2O5/c1-12-16(22)4-3-5-17(12)23-20(27)13(2)29-21(28)14-6-8-15(9-7-14)24-18(25)10-11-19(24)26/h3-9,13H,10-11H2,1-2H3,(H,23,27)/t13-/m0/s1. The highest BCUT2D eigenvalue weighted by molar-refractivity contribution is 6.31. The lowest BCUT2D eigenvalue weighted by molar-refractivity contribution is -0.124. The van der Waals surface area contributed by atoms with Crippen LogP contribution in [0.25, 0.3) is 0 Å². The maximum absolute atomic E-state index is 12.3. The number of nitrogens with zero attached hydrogens (tertiary/aromatic N) is 1. The van der Waals surface area contributed by atoms with Crippen molar-refractivity contribution in [1.82, 2.24) is 0 Å². The number of hydrogen-bond acceptors (Lipinski definition) is 5. The van der Waals surface area contributed by atoms with Gasteiger partial charge >= 0.3 is 5.97 Å². The first-order chi connectivity index (χ1) is 13.8. The predicted octanol–water partition coefficient (Wildman–Crippen LogP) is 3.49. The van der Waals surface area contributed by atoms with Crippen molar-refractivity contribution >= 4 is 46.7 Å². The molecule has 8 heteroatoms. The van der Waals surface area contributed by atoms with Crippen molar-refractivity contribution in [2.24, 2.45) is 0 Å². The highest BCUT2D eigenvalue weighted by Crippen LogP contribution is 2.24. The molecule has 1 saturated heterocycles. The van der Waals surface area contributed by atoms with Gasteiger partial charge in [-0.3, -0.25) is 19.3 Å². The van der Waals surface area contributed by atoms with Crippen LogP contribution in [0.1, 0.15) is 35.7 Å². The Balaban J connectivity index is 1.63. The molecule has 29 heavy (non-hydrogen) atoms. The molecule has 3 amide bonds. The van der Waals surface area contributed by atoms with Gasteiger partial charge in [0.05, 0.1) is 11.3 Å². The summed E-state index contributed by atoms with van der Waals surface area (Å²) in [6.45, 7) is 3.23. The number of ether oxygens (including phenoxy) is 1. The average Bonchev–Trinajstić information content (AvgIpc) is 3.03.